The molecule has 0 atom stereocenters. The molecule has 1 aliphatic rings. The maximum Gasteiger partial charge on any atom is 0.162 e. The van der Waals surface area contributed by atoms with Crippen molar-refractivity contribution in [2.75, 3.05) is 31.5 Å². The second kappa shape index (κ2) is 3.05. The van der Waals surface area contributed by atoms with E-state index in [1.807, 2.05) is 12.1 Å². The van der Waals surface area contributed by atoms with Gasteiger partial charge < -0.3 is 20.1 Å². The number of anilines is 2. The summed E-state index contributed by atoms with van der Waals surface area (Å²) in [5.74, 6) is 1.50. The van der Waals surface area contributed by atoms with Crippen molar-refractivity contribution in [2.24, 2.45) is 0 Å². The van der Waals surface area contributed by atoms with Crippen LogP contribution in [0.5, 0.6) is 11.5 Å². The molecule has 0 radical (unpaired) electrons. The van der Waals surface area contributed by atoms with Gasteiger partial charge in [0.25, 0.3) is 0 Å². The Balaban J connectivity index is 2.47. The molecule has 1 aromatic rings. The molecular formula is C9H12N2O2. The number of benzene rings is 1. The van der Waals surface area contributed by atoms with E-state index in [2.05, 4.69) is 10.6 Å². The van der Waals surface area contributed by atoms with Gasteiger partial charge in [0.2, 0.25) is 0 Å². The minimum Gasteiger partial charge on any atom is -0.493 e. The predicted molar refractivity (Wildman–Crippen MR) is 51.7 cm³/mol. The highest BCUT2D eigenvalue weighted by Gasteiger charge is 2.13. The molecule has 0 spiro atoms. The van der Waals surface area contributed by atoms with Gasteiger partial charge in [-0.1, -0.05) is 0 Å². The highest BCUT2D eigenvalue weighted by atomic mass is 16.5. The second-order valence-electron chi connectivity index (χ2n) is 2.78. The normalized spacial score (nSPS) is 12.8. The number of nitrogens with one attached hydrogen (secondary N) is 2. The molecule has 0 bridgehead atoms. The molecule has 2 rings (SSSR count). The van der Waals surface area contributed by atoms with E-state index in [4.69, 9.17) is 9.47 Å². The molecule has 1 aliphatic heterocycles. The minimum atomic E-state index is 0.748. The summed E-state index contributed by atoms with van der Waals surface area (Å²) in [6.07, 6.45) is 0. The van der Waals surface area contributed by atoms with Crippen LogP contribution >= 0.6 is 0 Å². The summed E-state index contributed by atoms with van der Waals surface area (Å²) < 4.78 is 10.3. The zero-order chi connectivity index (χ0) is 9.26. The third-order valence-electron chi connectivity index (χ3n) is 2.08. The van der Waals surface area contributed by atoms with Gasteiger partial charge in [0.05, 0.1) is 32.3 Å². The van der Waals surface area contributed by atoms with Crippen LogP contribution in [-0.4, -0.2) is 20.9 Å². The molecule has 1 heterocycles. The van der Waals surface area contributed by atoms with Crippen LogP contribution in [0.3, 0.4) is 0 Å². The number of methoxy groups -OCH3 is 2. The van der Waals surface area contributed by atoms with Crippen LogP contribution < -0.4 is 20.1 Å². The Morgan fingerprint density at radius 2 is 1.46 bits per heavy atom. The summed E-state index contributed by atoms with van der Waals surface area (Å²) in [4.78, 5) is 0. The second-order valence-corrected chi connectivity index (χ2v) is 2.78. The Morgan fingerprint density at radius 1 is 1.00 bits per heavy atom. The molecule has 4 nitrogen and oxygen atoms in total. The predicted octanol–water partition coefficient (Wildman–Crippen LogP) is 1.50. The van der Waals surface area contributed by atoms with E-state index in [1.54, 1.807) is 14.2 Å². The lowest BCUT2D eigenvalue weighted by Gasteiger charge is -2.09. The molecule has 13 heavy (non-hydrogen) atoms. The van der Waals surface area contributed by atoms with Gasteiger partial charge in [-0.2, -0.15) is 0 Å². The van der Waals surface area contributed by atoms with Gasteiger partial charge in [-0.05, 0) is 0 Å². The van der Waals surface area contributed by atoms with E-state index in [9.17, 15) is 0 Å². The van der Waals surface area contributed by atoms with Crippen molar-refractivity contribution in [1.29, 1.82) is 0 Å². The monoisotopic (exact) mass is 180 g/mol. The maximum atomic E-state index is 5.17. The van der Waals surface area contributed by atoms with Crippen LogP contribution in [0.15, 0.2) is 12.1 Å². The van der Waals surface area contributed by atoms with E-state index >= 15 is 0 Å². The lowest BCUT2D eigenvalue weighted by Crippen LogP contribution is -1.98. The van der Waals surface area contributed by atoms with Crippen LogP contribution in [-0.2, 0) is 0 Å². The number of fused-ring (bicyclic) bond motifs is 1. The summed E-state index contributed by atoms with van der Waals surface area (Å²) in [5.41, 5.74) is 2.11. The molecule has 1 aromatic carbocycles. The third kappa shape index (κ3) is 1.24. The minimum absolute atomic E-state index is 0.748. The highest BCUT2D eigenvalue weighted by Crippen LogP contribution is 2.38. The number of hydrogen-bond donors (Lipinski definition) is 2. The van der Waals surface area contributed by atoms with Gasteiger partial charge in [-0.25, -0.2) is 0 Å². The number of ether oxygens (including phenoxy) is 2. The highest BCUT2D eigenvalue weighted by molar-refractivity contribution is 5.77. The zero-order valence-corrected chi connectivity index (χ0v) is 7.68. The first-order valence-electron chi connectivity index (χ1n) is 4.09. The molecule has 70 valence electrons. The van der Waals surface area contributed by atoms with E-state index in [0.29, 0.717) is 0 Å². The first-order chi connectivity index (χ1) is 6.35. The quantitative estimate of drug-likeness (QED) is 0.723. The van der Waals surface area contributed by atoms with Crippen molar-refractivity contribution in [3.05, 3.63) is 12.1 Å². The molecule has 0 aliphatic carbocycles. The van der Waals surface area contributed by atoms with Crippen molar-refractivity contribution in [3.8, 4) is 11.5 Å². The molecule has 0 aromatic heterocycles. The fourth-order valence-electron chi connectivity index (χ4n) is 1.41. The van der Waals surface area contributed by atoms with E-state index in [-0.39, 0.29) is 0 Å². The van der Waals surface area contributed by atoms with Crippen molar-refractivity contribution in [2.45, 2.75) is 0 Å². The standard InChI is InChI=1S/C9H12N2O2/c1-12-8-3-6-7(11-5-10-6)4-9(8)13-2/h3-4,10-11H,5H2,1-2H3. The molecular weight excluding hydrogens is 168 g/mol. The van der Waals surface area contributed by atoms with Crippen LogP contribution in [0.1, 0.15) is 0 Å². The van der Waals surface area contributed by atoms with E-state index in [0.717, 1.165) is 29.5 Å². The molecule has 0 fully saturated rings. The summed E-state index contributed by atoms with van der Waals surface area (Å²) in [7, 11) is 3.26. The van der Waals surface area contributed by atoms with Crippen LogP contribution in [0, 0.1) is 0 Å². The summed E-state index contributed by atoms with van der Waals surface area (Å²) in [5, 5.41) is 6.36. The topological polar surface area (TPSA) is 42.5 Å². The van der Waals surface area contributed by atoms with Gasteiger partial charge in [0, 0.05) is 12.1 Å². The fourth-order valence-corrected chi connectivity index (χ4v) is 1.41. The van der Waals surface area contributed by atoms with Gasteiger partial charge in [0.15, 0.2) is 11.5 Å². The summed E-state index contributed by atoms with van der Waals surface area (Å²) in [6, 6.07) is 3.85. The molecule has 0 saturated heterocycles. The van der Waals surface area contributed by atoms with Crippen molar-refractivity contribution >= 4 is 11.4 Å². The Morgan fingerprint density at radius 3 is 1.85 bits per heavy atom. The average Bonchev–Trinajstić information content (AvgIpc) is 2.62. The largest absolute Gasteiger partial charge is 0.493 e. The molecule has 0 amide bonds. The molecule has 2 N–H and O–H groups in total. The molecule has 0 saturated carbocycles. The Labute approximate surface area is 76.8 Å². The summed E-state index contributed by atoms with van der Waals surface area (Å²) >= 11 is 0. The SMILES string of the molecule is COc1cc2c(cc1OC)NCN2. The molecule has 0 unspecified atom stereocenters. The average molecular weight is 180 g/mol. The molecule has 4 heteroatoms. The first-order valence-corrected chi connectivity index (χ1v) is 4.09. The van der Waals surface area contributed by atoms with Crippen LogP contribution in [0.4, 0.5) is 11.4 Å². The Kier molecular flexibility index (Phi) is 1.88. The van der Waals surface area contributed by atoms with Crippen LogP contribution in [0.25, 0.3) is 0 Å². The number of hydrogen-bond acceptors (Lipinski definition) is 4. The van der Waals surface area contributed by atoms with Gasteiger partial charge in [-0.3, -0.25) is 0 Å². The Bertz CT molecular complexity index is 295. The maximum absolute atomic E-state index is 5.17. The zero-order valence-electron chi connectivity index (χ0n) is 7.68. The van der Waals surface area contributed by atoms with Crippen LogP contribution in [0.2, 0.25) is 0 Å². The fraction of sp³-hybridized carbons (Fsp3) is 0.333. The van der Waals surface area contributed by atoms with Crippen molar-refractivity contribution < 1.29 is 9.47 Å². The number of rotatable bonds is 2. The lowest BCUT2D eigenvalue weighted by atomic mass is 10.2. The van der Waals surface area contributed by atoms with Gasteiger partial charge in [-0.15, -0.1) is 0 Å². The third-order valence-corrected chi connectivity index (χ3v) is 2.08. The summed E-state index contributed by atoms with van der Waals surface area (Å²) in [6.45, 7) is 0.756. The smallest absolute Gasteiger partial charge is 0.162 e. The van der Waals surface area contributed by atoms with Gasteiger partial charge >= 0.3 is 0 Å². The first kappa shape index (κ1) is 8.04. The lowest BCUT2D eigenvalue weighted by molar-refractivity contribution is 0.355. The van der Waals surface area contributed by atoms with Gasteiger partial charge in [0.1, 0.15) is 0 Å². The van der Waals surface area contributed by atoms with Crippen molar-refractivity contribution in [3.63, 3.8) is 0 Å². The van der Waals surface area contributed by atoms with E-state index < -0.39 is 0 Å². The van der Waals surface area contributed by atoms with E-state index in [1.165, 1.54) is 0 Å². The van der Waals surface area contributed by atoms with Crippen molar-refractivity contribution in [1.82, 2.24) is 0 Å². The Hall–Kier alpha value is -1.58.